The maximum Gasteiger partial charge on any atom is 0.242 e. The lowest BCUT2D eigenvalue weighted by molar-refractivity contribution is -0.305. The van der Waals surface area contributed by atoms with Crippen LogP contribution in [-0.2, 0) is 9.59 Å². The van der Waals surface area contributed by atoms with Crippen molar-refractivity contribution in [2.24, 2.45) is 4.99 Å². The molecule has 1 heterocycles. The number of amidine groups is 1. The monoisotopic (exact) mass is 281 g/mol. The lowest BCUT2D eigenvalue weighted by atomic mass is 10.3. The Morgan fingerprint density at radius 3 is 2.68 bits per heavy atom. The Hall–Kier alpha value is -1.89. The SMILES string of the molecule is CN1C(=O)[C@@H](CC(=O)[O-])SC1=Nc1ccc(F)cc1. The average Bonchev–Trinajstić information content (AvgIpc) is 2.60. The number of carboxylic acid groups (broad SMARTS) is 1. The van der Waals surface area contributed by atoms with Crippen molar-refractivity contribution in [3.8, 4) is 0 Å². The van der Waals surface area contributed by atoms with Crippen LogP contribution in [0.3, 0.4) is 0 Å². The molecule has 0 bridgehead atoms. The van der Waals surface area contributed by atoms with Crippen molar-refractivity contribution >= 4 is 34.5 Å². The number of thioether (sulfide) groups is 1. The Balaban J connectivity index is 2.19. The topological polar surface area (TPSA) is 72.8 Å². The summed E-state index contributed by atoms with van der Waals surface area (Å²) in [6.45, 7) is 0. The van der Waals surface area contributed by atoms with Crippen molar-refractivity contribution in [1.82, 2.24) is 4.90 Å². The van der Waals surface area contributed by atoms with E-state index < -0.39 is 11.2 Å². The van der Waals surface area contributed by atoms with Gasteiger partial charge >= 0.3 is 0 Å². The largest absolute Gasteiger partial charge is 0.550 e. The molecule has 0 saturated carbocycles. The molecule has 1 saturated heterocycles. The molecule has 0 radical (unpaired) electrons. The van der Waals surface area contributed by atoms with E-state index in [2.05, 4.69) is 4.99 Å². The number of benzene rings is 1. The number of amides is 1. The molecular formula is C12H10FN2O3S-. The fourth-order valence-corrected chi connectivity index (χ4v) is 2.71. The second-order valence-electron chi connectivity index (χ2n) is 3.95. The highest BCUT2D eigenvalue weighted by atomic mass is 32.2. The highest BCUT2D eigenvalue weighted by Gasteiger charge is 2.35. The number of carboxylic acids is 1. The lowest BCUT2D eigenvalue weighted by Gasteiger charge is -2.08. The summed E-state index contributed by atoms with van der Waals surface area (Å²) < 4.78 is 12.8. The predicted octanol–water partition coefficient (Wildman–Crippen LogP) is 0.527. The van der Waals surface area contributed by atoms with E-state index in [0.717, 1.165) is 11.8 Å². The van der Waals surface area contributed by atoms with Gasteiger partial charge in [0, 0.05) is 19.4 Å². The van der Waals surface area contributed by atoms with Crippen molar-refractivity contribution in [3.05, 3.63) is 30.1 Å². The summed E-state index contributed by atoms with van der Waals surface area (Å²) in [5, 5.41) is 10.2. The van der Waals surface area contributed by atoms with Gasteiger partial charge in [0.25, 0.3) is 0 Å². The highest BCUT2D eigenvalue weighted by Crippen LogP contribution is 2.30. The van der Waals surface area contributed by atoms with Crippen LogP contribution in [0.4, 0.5) is 10.1 Å². The van der Waals surface area contributed by atoms with E-state index in [4.69, 9.17) is 0 Å². The zero-order valence-electron chi connectivity index (χ0n) is 10.00. The van der Waals surface area contributed by atoms with Crippen molar-refractivity contribution < 1.29 is 19.1 Å². The third-order valence-electron chi connectivity index (χ3n) is 2.54. The second-order valence-corrected chi connectivity index (χ2v) is 5.12. The molecule has 0 aliphatic carbocycles. The molecule has 1 aromatic carbocycles. The molecule has 100 valence electrons. The summed E-state index contributed by atoms with van der Waals surface area (Å²) in [4.78, 5) is 27.8. The van der Waals surface area contributed by atoms with Crippen LogP contribution in [0.15, 0.2) is 29.3 Å². The average molecular weight is 281 g/mol. The van der Waals surface area contributed by atoms with Gasteiger partial charge in [-0.2, -0.15) is 0 Å². The Kier molecular flexibility index (Phi) is 3.84. The van der Waals surface area contributed by atoms with Gasteiger partial charge in [-0.1, -0.05) is 11.8 Å². The number of carbonyl (C=O) groups excluding carboxylic acids is 2. The standard InChI is InChI=1S/C12H11FN2O3S/c1-15-11(18)9(6-10(16)17)19-12(15)14-8-4-2-7(13)3-5-8/h2-5,9H,6H2,1H3,(H,16,17)/p-1/t9-/m1/s1. The zero-order valence-corrected chi connectivity index (χ0v) is 10.8. The van der Waals surface area contributed by atoms with E-state index in [1.165, 1.54) is 36.2 Å². The number of hydrogen-bond donors (Lipinski definition) is 0. The molecule has 1 aromatic rings. The third-order valence-corrected chi connectivity index (χ3v) is 3.77. The molecule has 1 amide bonds. The van der Waals surface area contributed by atoms with E-state index in [-0.39, 0.29) is 18.1 Å². The first-order valence-corrected chi connectivity index (χ1v) is 6.33. The number of halogens is 1. The summed E-state index contributed by atoms with van der Waals surface area (Å²) in [6, 6.07) is 5.49. The minimum absolute atomic E-state index is 0.324. The van der Waals surface area contributed by atoms with E-state index in [9.17, 15) is 19.1 Å². The van der Waals surface area contributed by atoms with E-state index in [1.54, 1.807) is 0 Å². The van der Waals surface area contributed by atoms with Gasteiger partial charge in [0.1, 0.15) is 5.82 Å². The van der Waals surface area contributed by atoms with Gasteiger partial charge in [-0.3, -0.25) is 9.69 Å². The van der Waals surface area contributed by atoms with Crippen molar-refractivity contribution in [1.29, 1.82) is 0 Å². The Morgan fingerprint density at radius 1 is 1.47 bits per heavy atom. The van der Waals surface area contributed by atoms with Crippen LogP contribution < -0.4 is 5.11 Å². The third kappa shape index (κ3) is 3.11. The predicted molar refractivity (Wildman–Crippen MR) is 67.3 cm³/mol. The Morgan fingerprint density at radius 2 is 2.11 bits per heavy atom. The molecule has 0 N–H and O–H groups in total. The van der Waals surface area contributed by atoms with Gasteiger partial charge in [0.05, 0.1) is 10.9 Å². The van der Waals surface area contributed by atoms with Crippen LogP contribution in [-0.4, -0.2) is 34.2 Å². The number of nitrogens with zero attached hydrogens (tertiary/aromatic N) is 2. The number of aliphatic carboxylic acids is 1. The van der Waals surface area contributed by atoms with Crippen molar-refractivity contribution in [3.63, 3.8) is 0 Å². The minimum atomic E-state index is -1.28. The first kappa shape index (κ1) is 13.5. The maximum atomic E-state index is 12.8. The molecule has 2 rings (SSSR count). The quantitative estimate of drug-likeness (QED) is 0.810. The summed E-state index contributed by atoms with van der Waals surface area (Å²) in [5.41, 5.74) is 0.498. The molecule has 1 aliphatic heterocycles. The smallest absolute Gasteiger partial charge is 0.242 e. The number of rotatable bonds is 3. The molecule has 1 fully saturated rings. The molecule has 1 aliphatic rings. The molecule has 0 aromatic heterocycles. The van der Waals surface area contributed by atoms with Crippen molar-refractivity contribution in [2.45, 2.75) is 11.7 Å². The summed E-state index contributed by atoms with van der Waals surface area (Å²) in [5.74, 6) is -1.97. The van der Waals surface area contributed by atoms with Gasteiger partial charge in [-0.15, -0.1) is 0 Å². The number of carbonyl (C=O) groups is 2. The summed E-state index contributed by atoms with van der Waals surface area (Å²) in [6.07, 6.45) is -0.351. The van der Waals surface area contributed by atoms with Gasteiger partial charge in [0.15, 0.2) is 5.17 Å². The van der Waals surface area contributed by atoms with Crippen LogP contribution in [0, 0.1) is 5.82 Å². The van der Waals surface area contributed by atoms with Crippen LogP contribution >= 0.6 is 11.8 Å². The molecule has 0 unspecified atom stereocenters. The van der Waals surface area contributed by atoms with Gasteiger partial charge in [-0.05, 0) is 24.3 Å². The van der Waals surface area contributed by atoms with Crippen LogP contribution in [0.25, 0.3) is 0 Å². The number of aliphatic imine (C=N–C) groups is 1. The molecular weight excluding hydrogens is 271 g/mol. The van der Waals surface area contributed by atoms with Gasteiger partial charge in [-0.25, -0.2) is 9.38 Å². The van der Waals surface area contributed by atoms with E-state index in [1.807, 2.05) is 0 Å². The van der Waals surface area contributed by atoms with Gasteiger partial charge in [0.2, 0.25) is 5.91 Å². The molecule has 7 heteroatoms. The summed E-state index contributed by atoms with van der Waals surface area (Å²) in [7, 11) is 1.52. The lowest BCUT2D eigenvalue weighted by Crippen LogP contribution is -2.32. The first-order valence-electron chi connectivity index (χ1n) is 5.45. The minimum Gasteiger partial charge on any atom is -0.550 e. The molecule has 0 spiro atoms. The molecule has 19 heavy (non-hydrogen) atoms. The second kappa shape index (κ2) is 5.40. The zero-order chi connectivity index (χ0) is 14.0. The molecule has 5 nitrogen and oxygen atoms in total. The number of hydrogen-bond acceptors (Lipinski definition) is 5. The van der Waals surface area contributed by atoms with E-state index in [0.29, 0.717) is 10.9 Å². The Labute approximate surface area is 113 Å². The van der Waals surface area contributed by atoms with Crippen LogP contribution in [0.2, 0.25) is 0 Å². The molecule has 1 atom stereocenters. The normalized spacial score (nSPS) is 21.2. The summed E-state index contributed by atoms with van der Waals surface area (Å²) >= 11 is 1.07. The Bertz CT molecular complexity index is 544. The van der Waals surface area contributed by atoms with Crippen molar-refractivity contribution in [2.75, 3.05) is 7.05 Å². The maximum absolute atomic E-state index is 12.8. The van der Waals surface area contributed by atoms with Crippen LogP contribution in [0.1, 0.15) is 6.42 Å². The van der Waals surface area contributed by atoms with Gasteiger partial charge < -0.3 is 9.90 Å². The fraction of sp³-hybridized carbons (Fsp3) is 0.250. The van der Waals surface area contributed by atoms with E-state index >= 15 is 0 Å². The van der Waals surface area contributed by atoms with Crippen LogP contribution in [0.5, 0.6) is 0 Å². The highest BCUT2D eigenvalue weighted by molar-refractivity contribution is 8.15. The fourth-order valence-electron chi connectivity index (χ4n) is 1.57. The first-order chi connectivity index (χ1) is 8.97.